The largest absolute Gasteiger partial charge is 0.383 e. The number of methoxy groups -OCH3 is 1. The molecule has 2 atom stereocenters. The average Bonchev–Trinajstić information content (AvgIpc) is 2.26. The van der Waals surface area contributed by atoms with Crippen molar-refractivity contribution in [1.29, 1.82) is 0 Å². The average molecular weight is 316 g/mol. The van der Waals surface area contributed by atoms with Crippen molar-refractivity contribution in [3.8, 4) is 0 Å². The van der Waals surface area contributed by atoms with Gasteiger partial charge in [-0.1, -0.05) is 0 Å². The first-order valence-corrected chi connectivity index (χ1v) is 6.31. The van der Waals surface area contributed by atoms with Crippen molar-refractivity contribution in [1.82, 2.24) is 9.80 Å². The summed E-state index contributed by atoms with van der Waals surface area (Å²) >= 11 is 0. The maximum atomic E-state index is 11.9. The van der Waals surface area contributed by atoms with Gasteiger partial charge in [0, 0.05) is 51.8 Å². The van der Waals surface area contributed by atoms with E-state index < -0.39 is 0 Å². The van der Waals surface area contributed by atoms with Gasteiger partial charge >= 0.3 is 0 Å². The van der Waals surface area contributed by atoms with Gasteiger partial charge in [0.25, 0.3) is 0 Å². The molecule has 2 unspecified atom stereocenters. The first-order chi connectivity index (χ1) is 8.04. The van der Waals surface area contributed by atoms with Crippen LogP contribution in [-0.2, 0) is 9.53 Å². The Morgan fingerprint density at radius 1 is 1.42 bits per heavy atom. The van der Waals surface area contributed by atoms with Gasteiger partial charge < -0.3 is 15.4 Å². The molecular formula is C12H27Cl2N3O2. The highest BCUT2D eigenvalue weighted by Gasteiger charge is 2.26. The summed E-state index contributed by atoms with van der Waals surface area (Å²) in [7, 11) is 1.72. The Morgan fingerprint density at radius 3 is 2.53 bits per heavy atom. The quantitative estimate of drug-likeness (QED) is 0.813. The Morgan fingerprint density at radius 2 is 2.05 bits per heavy atom. The van der Waals surface area contributed by atoms with Crippen molar-refractivity contribution in [2.45, 2.75) is 32.4 Å². The maximum absolute atomic E-state index is 11.9. The summed E-state index contributed by atoms with van der Waals surface area (Å²) in [5, 5.41) is 0. The molecule has 0 aliphatic carbocycles. The molecule has 0 radical (unpaired) electrons. The number of ether oxygens (including phenoxy) is 1. The van der Waals surface area contributed by atoms with E-state index in [2.05, 4.69) is 11.8 Å². The third-order valence-electron chi connectivity index (χ3n) is 3.20. The van der Waals surface area contributed by atoms with E-state index >= 15 is 0 Å². The van der Waals surface area contributed by atoms with E-state index in [1.54, 1.807) is 7.11 Å². The van der Waals surface area contributed by atoms with Gasteiger partial charge in [0.15, 0.2) is 0 Å². The van der Waals surface area contributed by atoms with E-state index in [4.69, 9.17) is 10.5 Å². The van der Waals surface area contributed by atoms with Gasteiger partial charge in [-0.05, 0) is 13.8 Å². The van der Waals surface area contributed by atoms with E-state index in [-0.39, 0.29) is 36.8 Å². The van der Waals surface area contributed by atoms with Crippen LogP contribution >= 0.6 is 24.8 Å². The number of nitrogens with two attached hydrogens (primary N) is 1. The number of piperazine rings is 1. The highest BCUT2D eigenvalue weighted by Crippen LogP contribution is 2.10. The van der Waals surface area contributed by atoms with Crippen molar-refractivity contribution in [2.75, 3.05) is 39.9 Å². The zero-order valence-electron chi connectivity index (χ0n) is 12.0. The van der Waals surface area contributed by atoms with Crippen molar-refractivity contribution >= 4 is 30.7 Å². The summed E-state index contributed by atoms with van der Waals surface area (Å²) in [6.45, 7) is 8.24. The topological polar surface area (TPSA) is 58.8 Å². The Labute approximate surface area is 128 Å². The van der Waals surface area contributed by atoms with Gasteiger partial charge in [-0.25, -0.2) is 0 Å². The Hall–Kier alpha value is -0.0700. The molecule has 7 heteroatoms. The van der Waals surface area contributed by atoms with E-state index in [1.807, 2.05) is 11.8 Å². The number of nitrogens with zero attached hydrogens (tertiary/aromatic N) is 2. The molecule has 2 N–H and O–H groups in total. The van der Waals surface area contributed by atoms with Gasteiger partial charge in [-0.15, -0.1) is 24.8 Å². The molecule has 1 amide bonds. The normalized spacial score (nSPS) is 21.3. The lowest BCUT2D eigenvalue weighted by Crippen LogP contribution is -2.54. The molecule has 116 valence electrons. The van der Waals surface area contributed by atoms with E-state index in [1.165, 1.54) is 0 Å². The zero-order valence-corrected chi connectivity index (χ0v) is 13.6. The van der Waals surface area contributed by atoms with Gasteiger partial charge in [0.05, 0.1) is 6.61 Å². The Kier molecular flexibility index (Phi) is 11.9. The number of amides is 1. The molecule has 0 bridgehead atoms. The summed E-state index contributed by atoms with van der Waals surface area (Å²) in [5.41, 5.74) is 5.65. The molecule has 19 heavy (non-hydrogen) atoms. The summed E-state index contributed by atoms with van der Waals surface area (Å²) in [5.74, 6) is 0.179. The van der Waals surface area contributed by atoms with Crippen LogP contribution in [0.5, 0.6) is 0 Å². The van der Waals surface area contributed by atoms with E-state index in [0.29, 0.717) is 12.5 Å². The van der Waals surface area contributed by atoms with Crippen LogP contribution in [0.3, 0.4) is 0 Å². The smallest absolute Gasteiger partial charge is 0.224 e. The second kappa shape index (κ2) is 10.7. The fraction of sp³-hybridized carbons (Fsp3) is 0.917. The van der Waals surface area contributed by atoms with Crippen LogP contribution in [0.4, 0.5) is 0 Å². The van der Waals surface area contributed by atoms with Crippen LogP contribution in [0.15, 0.2) is 0 Å². The molecule has 0 spiro atoms. The second-order valence-corrected chi connectivity index (χ2v) is 4.90. The SMILES string of the molecule is COCCN1CCN(C(=O)CC(C)N)CC1C.Cl.Cl. The van der Waals surface area contributed by atoms with E-state index in [0.717, 1.165) is 32.8 Å². The predicted molar refractivity (Wildman–Crippen MR) is 82.3 cm³/mol. The van der Waals surface area contributed by atoms with E-state index in [9.17, 15) is 4.79 Å². The van der Waals surface area contributed by atoms with Gasteiger partial charge in [-0.3, -0.25) is 9.69 Å². The first-order valence-electron chi connectivity index (χ1n) is 6.31. The monoisotopic (exact) mass is 315 g/mol. The lowest BCUT2D eigenvalue weighted by Gasteiger charge is -2.40. The summed E-state index contributed by atoms with van der Waals surface area (Å²) in [6, 6.07) is 0.347. The summed E-state index contributed by atoms with van der Waals surface area (Å²) in [4.78, 5) is 16.2. The number of halogens is 2. The predicted octanol–water partition coefficient (Wildman–Crippen LogP) is 0.746. The molecule has 0 aromatic rings. The van der Waals surface area contributed by atoms with Gasteiger partial charge in [0.2, 0.25) is 5.91 Å². The van der Waals surface area contributed by atoms with Crippen LogP contribution in [0.25, 0.3) is 0 Å². The Balaban J connectivity index is 0. The molecule has 1 fully saturated rings. The molecule has 0 aromatic heterocycles. The highest BCUT2D eigenvalue weighted by molar-refractivity contribution is 5.85. The molecule has 1 rings (SSSR count). The highest BCUT2D eigenvalue weighted by atomic mass is 35.5. The Bertz CT molecular complexity index is 255. The van der Waals surface area contributed by atoms with Crippen LogP contribution < -0.4 is 5.73 Å². The van der Waals surface area contributed by atoms with Gasteiger partial charge in [-0.2, -0.15) is 0 Å². The lowest BCUT2D eigenvalue weighted by atomic mass is 10.1. The summed E-state index contributed by atoms with van der Waals surface area (Å²) < 4.78 is 5.08. The van der Waals surface area contributed by atoms with Gasteiger partial charge in [0.1, 0.15) is 0 Å². The van der Waals surface area contributed by atoms with Crippen LogP contribution in [0.1, 0.15) is 20.3 Å². The molecule has 5 nitrogen and oxygen atoms in total. The first kappa shape index (κ1) is 21.2. The third kappa shape index (κ3) is 7.32. The van der Waals surface area contributed by atoms with Crippen LogP contribution in [0, 0.1) is 0 Å². The number of rotatable bonds is 5. The molecule has 1 aliphatic rings. The molecule has 0 aromatic carbocycles. The summed E-state index contributed by atoms with van der Waals surface area (Å²) in [6.07, 6.45) is 0.449. The lowest BCUT2D eigenvalue weighted by molar-refractivity contribution is -0.134. The van der Waals surface area contributed by atoms with Crippen LogP contribution in [0.2, 0.25) is 0 Å². The molecule has 1 saturated heterocycles. The third-order valence-corrected chi connectivity index (χ3v) is 3.20. The number of hydrogen-bond acceptors (Lipinski definition) is 4. The van der Waals surface area contributed by atoms with Crippen molar-refractivity contribution in [2.24, 2.45) is 5.73 Å². The van der Waals surface area contributed by atoms with Crippen molar-refractivity contribution in [3.05, 3.63) is 0 Å². The minimum Gasteiger partial charge on any atom is -0.383 e. The molecule has 0 saturated carbocycles. The number of hydrogen-bond donors (Lipinski definition) is 1. The number of carbonyl (C=O) groups is 1. The van der Waals surface area contributed by atoms with Crippen molar-refractivity contribution in [3.63, 3.8) is 0 Å². The maximum Gasteiger partial charge on any atom is 0.224 e. The number of carbonyl (C=O) groups excluding carboxylic acids is 1. The molecule has 1 aliphatic heterocycles. The minimum atomic E-state index is -0.0515. The van der Waals surface area contributed by atoms with Crippen LogP contribution in [-0.4, -0.2) is 67.7 Å². The molecular weight excluding hydrogens is 289 g/mol. The molecule has 1 heterocycles. The fourth-order valence-electron chi connectivity index (χ4n) is 2.17. The fourth-order valence-corrected chi connectivity index (χ4v) is 2.17. The second-order valence-electron chi connectivity index (χ2n) is 4.90. The standard InChI is InChI=1S/C12H25N3O2.2ClH/c1-10(13)8-12(16)15-5-4-14(6-7-17-3)11(2)9-15;;/h10-11H,4-9,13H2,1-3H3;2*1H. The minimum absolute atomic E-state index is 0. The zero-order chi connectivity index (χ0) is 12.8. The van der Waals surface area contributed by atoms with Crippen molar-refractivity contribution < 1.29 is 9.53 Å².